The Morgan fingerprint density at radius 1 is 1.05 bits per heavy atom. The predicted molar refractivity (Wildman–Crippen MR) is 94.8 cm³/mol. The zero-order valence-corrected chi connectivity index (χ0v) is 15.9. The van der Waals surface area contributed by atoms with Gasteiger partial charge in [0.15, 0.2) is 0 Å². The van der Waals surface area contributed by atoms with Crippen molar-refractivity contribution in [3.8, 4) is 0 Å². The van der Waals surface area contributed by atoms with Crippen LogP contribution >= 0.6 is 0 Å². The molecule has 21 heavy (non-hydrogen) atoms. The first-order chi connectivity index (χ1) is 9.54. The summed E-state index contributed by atoms with van der Waals surface area (Å²) in [5.41, 5.74) is 0.815. The Kier molecular flexibility index (Phi) is 6.74. The smallest absolute Gasteiger partial charge is 0.0249 e. The standard InChI is InChI=1S/C19H40N2/c1-9-12-20-16-11-10-15(19(5,6)7)13-17(16)21(8)14-18(2,3)4/h15-17,20H,9-14H2,1-8H3. The van der Waals surface area contributed by atoms with Crippen LogP contribution in [-0.4, -0.2) is 37.1 Å². The van der Waals surface area contributed by atoms with E-state index in [9.17, 15) is 0 Å². The molecule has 3 unspecified atom stereocenters. The first kappa shape index (κ1) is 19.0. The molecule has 0 bridgehead atoms. The van der Waals surface area contributed by atoms with Crippen LogP contribution in [0.2, 0.25) is 0 Å². The van der Waals surface area contributed by atoms with E-state index >= 15 is 0 Å². The van der Waals surface area contributed by atoms with Crippen molar-refractivity contribution in [2.45, 2.75) is 86.2 Å². The highest BCUT2D eigenvalue weighted by molar-refractivity contribution is 4.94. The van der Waals surface area contributed by atoms with Gasteiger partial charge in [0.25, 0.3) is 0 Å². The average Bonchev–Trinajstić information content (AvgIpc) is 2.32. The van der Waals surface area contributed by atoms with Gasteiger partial charge in [-0.2, -0.15) is 0 Å². The lowest BCUT2D eigenvalue weighted by molar-refractivity contribution is 0.0558. The SMILES string of the molecule is CCCNC1CCC(C(C)(C)C)CC1N(C)CC(C)(C)C. The summed E-state index contributed by atoms with van der Waals surface area (Å²) >= 11 is 0. The van der Waals surface area contributed by atoms with Gasteiger partial charge in [-0.3, -0.25) is 0 Å². The van der Waals surface area contributed by atoms with E-state index in [1.807, 2.05) is 0 Å². The molecule has 0 aliphatic heterocycles. The van der Waals surface area contributed by atoms with Gasteiger partial charge in [0.1, 0.15) is 0 Å². The van der Waals surface area contributed by atoms with Gasteiger partial charge in [0.05, 0.1) is 0 Å². The maximum atomic E-state index is 3.82. The lowest BCUT2D eigenvalue weighted by Crippen LogP contribution is -2.54. The van der Waals surface area contributed by atoms with Crippen molar-refractivity contribution in [2.75, 3.05) is 20.1 Å². The molecule has 126 valence electrons. The molecule has 1 N–H and O–H groups in total. The van der Waals surface area contributed by atoms with E-state index in [4.69, 9.17) is 0 Å². The average molecular weight is 297 g/mol. The molecule has 2 heteroatoms. The summed E-state index contributed by atoms with van der Waals surface area (Å²) in [6.45, 7) is 18.9. The van der Waals surface area contributed by atoms with E-state index in [2.05, 4.69) is 65.7 Å². The molecule has 3 atom stereocenters. The minimum Gasteiger partial charge on any atom is -0.312 e. The molecule has 0 aromatic carbocycles. The molecule has 0 spiro atoms. The van der Waals surface area contributed by atoms with E-state index in [-0.39, 0.29) is 0 Å². The normalized spacial score (nSPS) is 28.1. The third-order valence-electron chi connectivity index (χ3n) is 4.99. The van der Waals surface area contributed by atoms with E-state index in [1.54, 1.807) is 0 Å². The number of hydrogen-bond donors (Lipinski definition) is 1. The van der Waals surface area contributed by atoms with Crippen LogP contribution in [0.4, 0.5) is 0 Å². The molecule has 0 heterocycles. The first-order valence-corrected chi connectivity index (χ1v) is 8.98. The minimum atomic E-state index is 0.374. The number of likely N-dealkylation sites (N-methyl/N-ethyl adjacent to an activating group) is 1. The second-order valence-electron chi connectivity index (χ2n) is 9.48. The molecule has 1 saturated carbocycles. The van der Waals surface area contributed by atoms with Crippen molar-refractivity contribution < 1.29 is 0 Å². The van der Waals surface area contributed by atoms with Gasteiger partial charge < -0.3 is 10.2 Å². The first-order valence-electron chi connectivity index (χ1n) is 8.98. The maximum Gasteiger partial charge on any atom is 0.0249 e. The zero-order chi connectivity index (χ0) is 16.3. The number of rotatable bonds is 5. The Labute approximate surface area is 134 Å². The second kappa shape index (κ2) is 7.46. The van der Waals surface area contributed by atoms with Crippen molar-refractivity contribution in [3.63, 3.8) is 0 Å². The van der Waals surface area contributed by atoms with Gasteiger partial charge in [-0.25, -0.2) is 0 Å². The largest absolute Gasteiger partial charge is 0.312 e. The lowest BCUT2D eigenvalue weighted by atomic mass is 9.69. The number of hydrogen-bond acceptors (Lipinski definition) is 2. The van der Waals surface area contributed by atoms with Crippen LogP contribution in [0.25, 0.3) is 0 Å². The molecule has 0 radical (unpaired) electrons. The van der Waals surface area contributed by atoms with E-state index in [1.165, 1.54) is 32.2 Å². The van der Waals surface area contributed by atoms with E-state index < -0.39 is 0 Å². The number of nitrogens with one attached hydrogen (secondary N) is 1. The van der Waals surface area contributed by atoms with Crippen LogP contribution in [0.5, 0.6) is 0 Å². The Bertz CT molecular complexity index is 298. The van der Waals surface area contributed by atoms with Gasteiger partial charge in [0, 0.05) is 18.6 Å². The third-order valence-corrected chi connectivity index (χ3v) is 4.99. The van der Waals surface area contributed by atoms with Crippen molar-refractivity contribution in [1.29, 1.82) is 0 Å². The Morgan fingerprint density at radius 2 is 1.67 bits per heavy atom. The topological polar surface area (TPSA) is 15.3 Å². The Hall–Kier alpha value is -0.0800. The molecule has 0 aromatic heterocycles. The highest BCUT2D eigenvalue weighted by Crippen LogP contribution is 2.39. The van der Waals surface area contributed by atoms with Crippen LogP contribution in [0.1, 0.15) is 74.1 Å². The molecule has 0 saturated heterocycles. The summed E-state index contributed by atoms with van der Waals surface area (Å²) in [6, 6.07) is 1.37. The fraction of sp³-hybridized carbons (Fsp3) is 1.00. The minimum absolute atomic E-state index is 0.374. The molecule has 1 rings (SSSR count). The molecular weight excluding hydrogens is 256 g/mol. The quantitative estimate of drug-likeness (QED) is 0.801. The molecule has 1 aliphatic carbocycles. The highest BCUT2D eigenvalue weighted by atomic mass is 15.2. The molecular formula is C19H40N2. The van der Waals surface area contributed by atoms with Gasteiger partial charge in [-0.1, -0.05) is 48.5 Å². The van der Waals surface area contributed by atoms with E-state index in [0.717, 1.165) is 12.5 Å². The summed E-state index contributed by atoms with van der Waals surface area (Å²) in [5, 5.41) is 3.82. The van der Waals surface area contributed by atoms with Crippen molar-refractivity contribution in [2.24, 2.45) is 16.7 Å². The number of nitrogens with zero attached hydrogens (tertiary/aromatic N) is 1. The van der Waals surface area contributed by atoms with Crippen LogP contribution in [-0.2, 0) is 0 Å². The zero-order valence-electron chi connectivity index (χ0n) is 15.9. The van der Waals surface area contributed by atoms with Crippen molar-refractivity contribution >= 4 is 0 Å². The molecule has 1 aliphatic rings. The molecule has 2 nitrogen and oxygen atoms in total. The monoisotopic (exact) mass is 296 g/mol. The fourth-order valence-electron chi connectivity index (χ4n) is 3.85. The summed E-state index contributed by atoms with van der Waals surface area (Å²) in [6.07, 6.45) is 5.29. The van der Waals surface area contributed by atoms with E-state index in [0.29, 0.717) is 22.9 Å². The Balaban J connectivity index is 2.77. The van der Waals surface area contributed by atoms with Crippen molar-refractivity contribution in [1.82, 2.24) is 10.2 Å². The highest BCUT2D eigenvalue weighted by Gasteiger charge is 2.37. The maximum absolute atomic E-state index is 3.82. The summed E-state index contributed by atoms with van der Waals surface area (Å²) < 4.78 is 0. The van der Waals surface area contributed by atoms with Gasteiger partial charge in [-0.05, 0) is 56.0 Å². The molecule has 0 amide bonds. The fourth-order valence-corrected chi connectivity index (χ4v) is 3.85. The third kappa shape index (κ3) is 6.28. The van der Waals surface area contributed by atoms with Crippen LogP contribution in [0.3, 0.4) is 0 Å². The van der Waals surface area contributed by atoms with Gasteiger partial charge >= 0.3 is 0 Å². The lowest BCUT2D eigenvalue weighted by Gasteiger charge is -2.46. The summed E-state index contributed by atoms with van der Waals surface area (Å²) in [5.74, 6) is 0.851. The van der Waals surface area contributed by atoms with Crippen LogP contribution < -0.4 is 5.32 Å². The molecule has 1 fully saturated rings. The van der Waals surface area contributed by atoms with Gasteiger partial charge in [-0.15, -0.1) is 0 Å². The predicted octanol–water partition coefficient (Wildman–Crippen LogP) is 4.55. The van der Waals surface area contributed by atoms with Crippen LogP contribution in [0, 0.1) is 16.7 Å². The molecule has 0 aromatic rings. The summed E-state index contributed by atoms with van der Waals surface area (Å²) in [7, 11) is 2.33. The Morgan fingerprint density at radius 3 is 2.14 bits per heavy atom. The second-order valence-corrected chi connectivity index (χ2v) is 9.48. The summed E-state index contributed by atoms with van der Waals surface area (Å²) in [4.78, 5) is 2.63. The van der Waals surface area contributed by atoms with Crippen LogP contribution in [0.15, 0.2) is 0 Å². The van der Waals surface area contributed by atoms with Gasteiger partial charge in [0.2, 0.25) is 0 Å². The van der Waals surface area contributed by atoms with Crippen molar-refractivity contribution in [3.05, 3.63) is 0 Å².